The predicted octanol–water partition coefficient (Wildman–Crippen LogP) is 1.28. The van der Waals surface area contributed by atoms with Crippen LogP contribution >= 0.6 is 12.6 Å². The van der Waals surface area contributed by atoms with E-state index in [1.54, 1.807) is 0 Å². The molecule has 0 radical (unpaired) electrons. The number of hydrogen-bond donors (Lipinski definition) is 4. The van der Waals surface area contributed by atoms with E-state index >= 15 is 0 Å². The summed E-state index contributed by atoms with van der Waals surface area (Å²) in [7, 11) is 1.91. The maximum absolute atomic E-state index is 12.7. The van der Waals surface area contributed by atoms with Gasteiger partial charge in [-0.1, -0.05) is 6.42 Å². The molecule has 1 aliphatic carbocycles. The monoisotopic (exact) mass is 298 g/mol. The third-order valence-corrected chi connectivity index (χ3v) is 4.49. The molecule has 1 saturated carbocycles. The van der Waals surface area contributed by atoms with E-state index in [0.29, 0.717) is 13.0 Å². The Balaban J connectivity index is 1.77. The van der Waals surface area contributed by atoms with Gasteiger partial charge in [0.1, 0.15) is 5.50 Å². The second-order valence-corrected chi connectivity index (χ2v) is 5.84. The first-order chi connectivity index (χ1) is 8.88. The summed E-state index contributed by atoms with van der Waals surface area (Å²) in [6, 6.07) is -0.0467. The van der Waals surface area contributed by atoms with Gasteiger partial charge in [0, 0.05) is 12.6 Å². The zero-order valence-corrected chi connectivity index (χ0v) is 11.8. The van der Waals surface area contributed by atoms with Crippen molar-refractivity contribution in [3.05, 3.63) is 0 Å². The lowest BCUT2D eigenvalue weighted by Gasteiger charge is -2.32. The van der Waals surface area contributed by atoms with Gasteiger partial charge in [0.2, 0.25) is 0 Å². The molecule has 3 N–H and O–H groups in total. The molecule has 2 aliphatic rings. The molecule has 2 fully saturated rings. The number of rotatable bonds is 3. The lowest BCUT2D eigenvalue weighted by Crippen LogP contribution is -2.48. The van der Waals surface area contributed by atoms with Crippen LogP contribution in [0.4, 0.5) is 13.2 Å². The van der Waals surface area contributed by atoms with Gasteiger partial charge < -0.3 is 5.32 Å². The van der Waals surface area contributed by atoms with Crippen LogP contribution in [-0.2, 0) is 0 Å². The molecule has 4 atom stereocenters. The molecule has 4 nitrogen and oxygen atoms in total. The van der Waals surface area contributed by atoms with Gasteiger partial charge in [-0.15, -0.1) is 12.6 Å². The van der Waals surface area contributed by atoms with Gasteiger partial charge in [-0.25, -0.2) is 10.9 Å². The van der Waals surface area contributed by atoms with Crippen LogP contribution in [-0.4, -0.2) is 42.4 Å². The van der Waals surface area contributed by atoms with Gasteiger partial charge in [-0.05, 0) is 26.3 Å². The fraction of sp³-hybridized carbons (Fsp3) is 1.00. The Morgan fingerprint density at radius 1 is 1.32 bits per heavy atom. The summed E-state index contributed by atoms with van der Waals surface area (Å²) in [6.45, 7) is 0.607. The number of thiol groups is 1. The zero-order chi connectivity index (χ0) is 14.0. The van der Waals surface area contributed by atoms with Crippen molar-refractivity contribution in [3.63, 3.8) is 0 Å². The fourth-order valence-electron chi connectivity index (χ4n) is 2.69. The summed E-state index contributed by atoms with van der Waals surface area (Å²) in [4.78, 5) is 1.99. The van der Waals surface area contributed by atoms with Crippen molar-refractivity contribution in [1.82, 2.24) is 21.1 Å². The van der Waals surface area contributed by atoms with E-state index in [9.17, 15) is 13.2 Å². The Hall–Kier alpha value is -0.0200. The Morgan fingerprint density at radius 2 is 2.05 bits per heavy atom. The first kappa shape index (κ1) is 15.4. The first-order valence-corrected chi connectivity index (χ1v) is 7.10. The molecule has 4 unspecified atom stereocenters. The van der Waals surface area contributed by atoms with Crippen molar-refractivity contribution in [2.75, 3.05) is 13.6 Å². The summed E-state index contributed by atoms with van der Waals surface area (Å²) in [6.07, 6.45) is -2.08. The number of halogens is 3. The molecule has 19 heavy (non-hydrogen) atoms. The van der Waals surface area contributed by atoms with Crippen LogP contribution in [0, 0.1) is 5.92 Å². The molecule has 1 heterocycles. The maximum Gasteiger partial charge on any atom is 0.391 e. The largest absolute Gasteiger partial charge is 0.391 e. The summed E-state index contributed by atoms with van der Waals surface area (Å²) < 4.78 is 38.1. The van der Waals surface area contributed by atoms with Gasteiger partial charge in [0.05, 0.1) is 12.1 Å². The molecular weight excluding hydrogens is 277 g/mol. The van der Waals surface area contributed by atoms with Crippen molar-refractivity contribution in [2.45, 2.75) is 49.6 Å². The topological polar surface area (TPSA) is 39.3 Å². The van der Waals surface area contributed by atoms with Crippen LogP contribution in [0.15, 0.2) is 0 Å². The average molecular weight is 298 g/mol. The minimum atomic E-state index is -4.06. The van der Waals surface area contributed by atoms with Crippen molar-refractivity contribution in [1.29, 1.82) is 0 Å². The summed E-state index contributed by atoms with van der Waals surface area (Å²) in [5.74, 6) is -1.15. The highest BCUT2D eigenvalue weighted by Crippen LogP contribution is 2.37. The number of hydrazine groups is 1. The fourth-order valence-corrected chi connectivity index (χ4v) is 2.93. The minimum Gasteiger partial charge on any atom is -0.311 e. The highest BCUT2D eigenvalue weighted by atomic mass is 32.1. The molecule has 0 aromatic rings. The molecular formula is C11H21F3N4S. The lowest BCUT2D eigenvalue weighted by atomic mass is 9.85. The Kier molecular flexibility index (Phi) is 4.99. The molecule has 0 aromatic carbocycles. The smallest absolute Gasteiger partial charge is 0.311 e. The van der Waals surface area contributed by atoms with Gasteiger partial charge in [-0.3, -0.25) is 4.90 Å². The molecule has 0 amide bonds. The van der Waals surface area contributed by atoms with E-state index in [-0.39, 0.29) is 30.5 Å². The van der Waals surface area contributed by atoms with Crippen molar-refractivity contribution in [3.8, 4) is 0 Å². The lowest BCUT2D eigenvalue weighted by molar-refractivity contribution is -0.183. The first-order valence-electron chi connectivity index (χ1n) is 6.59. The molecule has 8 heteroatoms. The van der Waals surface area contributed by atoms with E-state index in [1.807, 2.05) is 11.9 Å². The molecule has 2 rings (SSSR count). The quantitative estimate of drug-likeness (QED) is 0.592. The number of nitrogens with zero attached hydrogens (tertiary/aromatic N) is 1. The number of likely N-dealkylation sites (N-methyl/N-ethyl adjacent to an activating group) is 1. The van der Waals surface area contributed by atoms with Crippen LogP contribution in [0.1, 0.15) is 25.7 Å². The normalized spacial score (nSPS) is 37.7. The predicted molar refractivity (Wildman–Crippen MR) is 70.4 cm³/mol. The number of nitrogens with one attached hydrogen (secondary N) is 3. The van der Waals surface area contributed by atoms with E-state index in [0.717, 1.165) is 6.42 Å². The second kappa shape index (κ2) is 6.17. The van der Waals surface area contributed by atoms with E-state index < -0.39 is 12.1 Å². The van der Waals surface area contributed by atoms with Gasteiger partial charge >= 0.3 is 6.18 Å². The van der Waals surface area contributed by atoms with Crippen LogP contribution < -0.4 is 16.2 Å². The van der Waals surface area contributed by atoms with Crippen LogP contribution in [0.25, 0.3) is 0 Å². The van der Waals surface area contributed by atoms with Gasteiger partial charge in [0.25, 0.3) is 0 Å². The second-order valence-electron chi connectivity index (χ2n) is 5.35. The van der Waals surface area contributed by atoms with Gasteiger partial charge in [0.15, 0.2) is 0 Å². The number of alkyl halides is 3. The highest BCUT2D eigenvalue weighted by molar-refractivity contribution is 7.80. The maximum atomic E-state index is 12.7. The molecule has 112 valence electrons. The highest BCUT2D eigenvalue weighted by Gasteiger charge is 2.42. The standard InChI is InChI=1S/C11H21F3N4S/c1-18-9(16-17-10(18)19)6-15-8-4-2-3-7(5-8)11(12,13)14/h7-10,15-17,19H,2-6H2,1H3. The molecule has 1 aliphatic heterocycles. The van der Waals surface area contributed by atoms with E-state index in [4.69, 9.17) is 0 Å². The van der Waals surface area contributed by atoms with Crippen LogP contribution in [0.5, 0.6) is 0 Å². The SMILES string of the molecule is CN1C(S)NNC1CNC1CCCC(C(F)(F)F)C1. The summed E-state index contributed by atoms with van der Waals surface area (Å²) in [5, 5.41) is 3.24. The van der Waals surface area contributed by atoms with E-state index in [1.165, 1.54) is 0 Å². The molecule has 0 bridgehead atoms. The van der Waals surface area contributed by atoms with Crippen LogP contribution in [0.3, 0.4) is 0 Å². The van der Waals surface area contributed by atoms with Crippen molar-refractivity contribution >= 4 is 12.6 Å². The van der Waals surface area contributed by atoms with Crippen molar-refractivity contribution < 1.29 is 13.2 Å². The third-order valence-electron chi connectivity index (χ3n) is 3.99. The minimum absolute atomic E-state index is 0.0467. The van der Waals surface area contributed by atoms with Crippen LogP contribution in [0.2, 0.25) is 0 Å². The Bertz CT molecular complexity index is 302. The van der Waals surface area contributed by atoms with E-state index in [2.05, 4.69) is 28.8 Å². The summed E-state index contributed by atoms with van der Waals surface area (Å²) in [5.41, 5.74) is 5.94. The van der Waals surface area contributed by atoms with Crippen molar-refractivity contribution in [2.24, 2.45) is 5.92 Å². The molecule has 0 spiro atoms. The Morgan fingerprint density at radius 3 is 2.63 bits per heavy atom. The number of hydrogen-bond acceptors (Lipinski definition) is 5. The third kappa shape index (κ3) is 3.98. The molecule has 1 saturated heterocycles. The Labute approximate surface area is 116 Å². The average Bonchev–Trinajstić information content (AvgIpc) is 2.67. The van der Waals surface area contributed by atoms with Gasteiger partial charge in [-0.2, -0.15) is 13.2 Å². The summed E-state index contributed by atoms with van der Waals surface area (Å²) >= 11 is 4.29. The molecule has 0 aromatic heterocycles. The zero-order valence-electron chi connectivity index (χ0n) is 10.9.